The van der Waals surface area contributed by atoms with Crippen LogP contribution in [0.4, 0.5) is 4.39 Å². The monoisotopic (exact) mass is 237 g/mol. The molecule has 0 aliphatic heterocycles. The zero-order valence-corrected chi connectivity index (χ0v) is 10.9. The lowest BCUT2D eigenvalue weighted by atomic mass is 9.56. The largest absolute Gasteiger partial charge is 0.496 e. The van der Waals surface area contributed by atoms with E-state index in [-0.39, 0.29) is 17.2 Å². The van der Waals surface area contributed by atoms with Crippen LogP contribution in [0.2, 0.25) is 0 Å². The fourth-order valence-corrected chi connectivity index (χ4v) is 2.94. The Morgan fingerprint density at radius 3 is 2.65 bits per heavy atom. The number of halogens is 1. The van der Waals surface area contributed by atoms with Gasteiger partial charge in [-0.3, -0.25) is 0 Å². The first kappa shape index (κ1) is 12.4. The van der Waals surface area contributed by atoms with Gasteiger partial charge >= 0.3 is 0 Å². The number of methoxy groups -OCH3 is 1. The lowest BCUT2D eigenvalue weighted by Gasteiger charge is -2.52. The lowest BCUT2D eigenvalue weighted by Crippen LogP contribution is -2.54. The molecule has 3 heteroatoms. The molecular formula is C14H20FNO. The lowest BCUT2D eigenvalue weighted by molar-refractivity contribution is 0.0709. The molecule has 1 aliphatic rings. The van der Waals surface area contributed by atoms with Crippen molar-refractivity contribution in [3.63, 3.8) is 0 Å². The highest BCUT2D eigenvalue weighted by molar-refractivity contribution is 5.41. The number of nitrogens with one attached hydrogen (secondary N) is 1. The quantitative estimate of drug-likeness (QED) is 0.872. The predicted molar refractivity (Wildman–Crippen MR) is 66.9 cm³/mol. The van der Waals surface area contributed by atoms with Crippen LogP contribution in [0.5, 0.6) is 5.75 Å². The van der Waals surface area contributed by atoms with Gasteiger partial charge in [-0.2, -0.15) is 0 Å². The van der Waals surface area contributed by atoms with Gasteiger partial charge in [0.25, 0.3) is 0 Å². The highest BCUT2D eigenvalue weighted by Gasteiger charge is 2.49. The predicted octanol–water partition coefficient (Wildman–Crippen LogP) is 2.94. The minimum absolute atomic E-state index is 0.0597. The van der Waals surface area contributed by atoms with E-state index in [1.54, 1.807) is 13.2 Å². The maximum Gasteiger partial charge on any atom is 0.130 e. The van der Waals surface area contributed by atoms with Crippen LogP contribution in [-0.4, -0.2) is 20.2 Å². The van der Waals surface area contributed by atoms with Crippen molar-refractivity contribution in [2.45, 2.75) is 32.2 Å². The fourth-order valence-electron chi connectivity index (χ4n) is 2.94. The van der Waals surface area contributed by atoms with Gasteiger partial charge in [-0.1, -0.05) is 19.9 Å². The summed E-state index contributed by atoms with van der Waals surface area (Å²) in [6.07, 6.45) is 0.959. The van der Waals surface area contributed by atoms with Crippen molar-refractivity contribution in [1.82, 2.24) is 5.32 Å². The van der Waals surface area contributed by atoms with E-state index in [4.69, 9.17) is 4.74 Å². The number of rotatable bonds is 3. The molecule has 0 radical (unpaired) electrons. The van der Waals surface area contributed by atoms with E-state index < -0.39 is 0 Å². The van der Waals surface area contributed by atoms with E-state index in [1.807, 2.05) is 13.1 Å². The molecule has 0 amide bonds. The summed E-state index contributed by atoms with van der Waals surface area (Å²) in [6.45, 7) is 4.35. The van der Waals surface area contributed by atoms with Gasteiger partial charge in [0, 0.05) is 11.6 Å². The number of hydrogen-bond donors (Lipinski definition) is 1. The second kappa shape index (κ2) is 4.30. The van der Waals surface area contributed by atoms with Crippen LogP contribution in [0.25, 0.3) is 0 Å². The molecule has 0 aromatic heterocycles. The summed E-state index contributed by atoms with van der Waals surface area (Å²) in [4.78, 5) is 0. The van der Waals surface area contributed by atoms with Crippen molar-refractivity contribution in [2.75, 3.05) is 14.2 Å². The zero-order chi connectivity index (χ0) is 12.6. The van der Waals surface area contributed by atoms with Crippen LogP contribution < -0.4 is 10.1 Å². The highest BCUT2D eigenvalue weighted by atomic mass is 19.1. The molecule has 1 aromatic carbocycles. The summed E-state index contributed by atoms with van der Waals surface area (Å²) < 4.78 is 19.3. The Morgan fingerprint density at radius 1 is 1.41 bits per heavy atom. The molecule has 0 bridgehead atoms. The molecule has 1 fully saturated rings. The first-order valence-corrected chi connectivity index (χ1v) is 6.02. The van der Waals surface area contributed by atoms with Gasteiger partial charge in [-0.15, -0.1) is 0 Å². The third-order valence-electron chi connectivity index (χ3n) is 4.20. The molecule has 1 saturated carbocycles. The van der Waals surface area contributed by atoms with Crippen LogP contribution in [0, 0.1) is 11.2 Å². The first-order valence-electron chi connectivity index (χ1n) is 6.02. The van der Waals surface area contributed by atoms with Crippen molar-refractivity contribution in [2.24, 2.45) is 5.41 Å². The Hall–Kier alpha value is -1.09. The summed E-state index contributed by atoms with van der Waals surface area (Å²) in [7, 11) is 3.56. The smallest absolute Gasteiger partial charge is 0.130 e. The third-order valence-corrected chi connectivity index (χ3v) is 4.20. The van der Waals surface area contributed by atoms with Crippen molar-refractivity contribution in [3.8, 4) is 5.75 Å². The van der Waals surface area contributed by atoms with Crippen molar-refractivity contribution < 1.29 is 9.13 Å². The summed E-state index contributed by atoms with van der Waals surface area (Å²) in [5.41, 5.74) is 0.788. The van der Waals surface area contributed by atoms with Crippen molar-refractivity contribution in [3.05, 3.63) is 29.6 Å². The van der Waals surface area contributed by atoms with Gasteiger partial charge in [0.05, 0.1) is 7.11 Å². The Balaban J connectivity index is 2.37. The molecule has 0 spiro atoms. The maximum absolute atomic E-state index is 14.0. The molecule has 1 N–H and O–H groups in total. The van der Waals surface area contributed by atoms with E-state index in [0.29, 0.717) is 11.8 Å². The first-order chi connectivity index (χ1) is 8.02. The number of ether oxygens (including phenoxy) is 1. The topological polar surface area (TPSA) is 21.3 Å². The van der Waals surface area contributed by atoms with Gasteiger partial charge in [-0.25, -0.2) is 4.39 Å². The molecule has 2 atom stereocenters. The Bertz CT molecular complexity index is 417. The third kappa shape index (κ3) is 1.82. The van der Waals surface area contributed by atoms with Crippen molar-refractivity contribution >= 4 is 0 Å². The minimum atomic E-state index is -0.156. The second-order valence-electron chi connectivity index (χ2n) is 5.31. The van der Waals surface area contributed by atoms with Gasteiger partial charge < -0.3 is 10.1 Å². The molecule has 0 saturated heterocycles. The average Bonchev–Trinajstić information content (AvgIpc) is 2.30. The van der Waals surface area contributed by atoms with Crippen LogP contribution in [0.1, 0.15) is 31.7 Å². The molecular weight excluding hydrogens is 217 g/mol. The summed E-state index contributed by atoms with van der Waals surface area (Å²) >= 11 is 0. The molecule has 17 heavy (non-hydrogen) atoms. The number of hydrogen-bond acceptors (Lipinski definition) is 2. The van der Waals surface area contributed by atoms with E-state index in [2.05, 4.69) is 19.2 Å². The van der Waals surface area contributed by atoms with Gasteiger partial charge in [-0.05, 0) is 36.9 Å². The Labute approximate surface area is 102 Å². The fraction of sp³-hybridized carbons (Fsp3) is 0.571. The average molecular weight is 237 g/mol. The molecule has 1 aliphatic carbocycles. The van der Waals surface area contributed by atoms with E-state index in [0.717, 1.165) is 12.0 Å². The van der Waals surface area contributed by atoms with Gasteiger partial charge in [0.15, 0.2) is 0 Å². The van der Waals surface area contributed by atoms with Crippen LogP contribution >= 0.6 is 0 Å². The van der Waals surface area contributed by atoms with E-state index in [9.17, 15) is 4.39 Å². The standard InChI is InChI=1S/C14H20FNO/c1-14(2)9(8-12(14)16-3)13-10(15)6-5-7-11(13)17-4/h5-7,9,12,16H,8H2,1-4H3. The molecule has 2 nitrogen and oxygen atoms in total. The highest BCUT2D eigenvalue weighted by Crippen LogP contribution is 2.54. The second-order valence-corrected chi connectivity index (χ2v) is 5.31. The van der Waals surface area contributed by atoms with E-state index in [1.165, 1.54) is 6.07 Å². The van der Waals surface area contributed by atoms with Crippen LogP contribution in [0.15, 0.2) is 18.2 Å². The molecule has 1 aromatic rings. The summed E-state index contributed by atoms with van der Waals surface area (Å²) in [5, 5.41) is 3.29. The Morgan fingerprint density at radius 2 is 2.12 bits per heavy atom. The van der Waals surface area contributed by atoms with Crippen LogP contribution in [-0.2, 0) is 0 Å². The molecule has 2 rings (SSSR count). The molecule has 0 heterocycles. The maximum atomic E-state index is 14.0. The van der Waals surface area contributed by atoms with Crippen LogP contribution in [0.3, 0.4) is 0 Å². The zero-order valence-electron chi connectivity index (χ0n) is 10.9. The minimum Gasteiger partial charge on any atom is -0.496 e. The van der Waals surface area contributed by atoms with Gasteiger partial charge in [0.2, 0.25) is 0 Å². The molecule has 2 unspecified atom stereocenters. The van der Waals surface area contributed by atoms with E-state index >= 15 is 0 Å². The summed E-state index contributed by atoms with van der Waals surface area (Å²) in [6, 6.07) is 5.48. The number of benzene rings is 1. The van der Waals surface area contributed by atoms with Crippen molar-refractivity contribution in [1.29, 1.82) is 0 Å². The van der Waals surface area contributed by atoms with Gasteiger partial charge in [0.1, 0.15) is 11.6 Å². The normalized spacial score (nSPS) is 26.4. The summed E-state index contributed by atoms with van der Waals surface area (Å²) in [5.74, 6) is 0.728. The Kier molecular flexibility index (Phi) is 3.13. The molecule has 94 valence electrons. The SMILES string of the molecule is CNC1CC(c2c(F)cccc2OC)C1(C)C.